The number of hydrogen-bond donors (Lipinski definition) is 1. The molecule has 0 saturated heterocycles. The van der Waals surface area contributed by atoms with E-state index < -0.39 is 4.92 Å². The summed E-state index contributed by atoms with van der Waals surface area (Å²) in [5, 5.41) is 22.7. The molecule has 2 aromatic heterocycles. The lowest BCUT2D eigenvalue weighted by atomic mass is 10.1. The van der Waals surface area contributed by atoms with Crippen LogP contribution in [0.15, 0.2) is 34.0 Å². The maximum Gasteiger partial charge on any atom is 0.293 e. The van der Waals surface area contributed by atoms with Crippen LogP contribution in [0.4, 0.5) is 11.4 Å². The first-order valence-electron chi connectivity index (χ1n) is 8.40. The highest BCUT2D eigenvalue weighted by atomic mass is 32.2. The molecule has 10 heteroatoms. The zero-order valence-corrected chi connectivity index (χ0v) is 16.7. The van der Waals surface area contributed by atoms with Crippen molar-refractivity contribution < 1.29 is 14.1 Å². The molecule has 0 bridgehead atoms. The zero-order chi connectivity index (χ0) is 20.4. The minimum absolute atomic E-state index is 0.0421. The number of rotatable bonds is 6. The molecule has 0 saturated carbocycles. The molecule has 146 valence electrons. The van der Waals surface area contributed by atoms with Crippen molar-refractivity contribution in [3.63, 3.8) is 0 Å². The van der Waals surface area contributed by atoms with E-state index in [1.165, 1.54) is 17.8 Å². The molecule has 0 fully saturated rings. The molecule has 0 spiro atoms. The third kappa shape index (κ3) is 3.91. The number of amides is 1. The normalized spacial score (nSPS) is 10.9. The molecule has 9 nitrogen and oxygen atoms in total. The molecule has 2 heterocycles. The van der Waals surface area contributed by atoms with Crippen LogP contribution < -0.4 is 5.32 Å². The minimum Gasteiger partial charge on any atom is -0.469 e. The number of nitrogens with zero attached hydrogens (tertiary/aromatic N) is 4. The van der Waals surface area contributed by atoms with E-state index in [9.17, 15) is 14.9 Å². The number of nitrogens with one attached hydrogen (secondary N) is 1. The summed E-state index contributed by atoms with van der Waals surface area (Å²) in [6.07, 6.45) is 1.58. The second-order valence-corrected chi connectivity index (χ2v) is 7.25. The zero-order valence-electron chi connectivity index (χ0n) is 15.8. The summed E-state index contributed by atoms with van der Waals surface area (Å²) >= 11 is 1.20. The lowest BCUT2D eigenvalue weighted by Gasteiger charge is -2.09. The molecule has 3 aromatic rings. The topological polar surface area (TPSA) is 116 Å². The van der Waals surface area contributed by atoms with E-state index in [1.807, 2.05) is 13.8 Å². The van der Waals surface area contributed by atoms with Crippen molar-refractivity contribution in [1.82, 2.24) is 14.8 Å². The second kappa shape index (κ2) is 7.85. The largest absolute Gasteiger partial charge is 0.469 e. The van der Waals surface area contributed by atoms with E-state index in [-0.39, 0.29) is 23.0 Å². The van der Waals surface area contributed by atoms with E-state index in [4.69, 9.17) is 4.42 Å². The van der Waals surface area contributed by atoms with Gasteiger partial charge in [0, 0.05) is 13.1 Å². The number of aryl methyl sites for hydroxylation is 3. The van der Waals surface area contributed by atoms with Crippen molar-refractivity contribution in [3.05, 3.63) is 51.5 Å². The van der Waals surface area contributed by atoms with Gasteiger partial charge in [0.2, 0.25) is 5.91 Å². The monoisotopic (exact) mass is 401 g/mol. The molecule has 0 aliphatic rings. The van der Waals surface area contributed by atoms with Crippen molar-refractivity contribution in [3.8, 4) is 11.4 Å². The molecule has 0 aliphatic carbocycles. The minimum atomic E-state index is -0.503. The number of nitro benzene ring substituents is 1. The van der Waals surface area contributed by atoms with Gasteiger partial charge in [-0.3, -0.25) is 14.9 Å². The third-order valence-electron chi connectivity index (χ3n) is 4.35. The first-order chi connectivity index (χ1) is 13.3. The van der Waals surface area contributed by atoms with E-state index in [2.05, 4.69) is 15.5 Å². The van der Waals surface area contributed by atoms with Crippen molar-refractivity contribution >= 4 is 29.0 Å². The van der Waals surface area contributed by atoms with Crippen LogP contribution in [0, 0.1) is 30.9 Å². The second-order valence-electron chi connectivity index (χ2n) is 6.30. The molecule has 28 heavy (non-hydrogen) atoms. The van der Waals surface area contributed by atoms with Crippen LogP contribution in [-0.2, 0) is 11.8 Å². The van der Waals surface area contributed by atoms with Crippen LogP contribution >= 0.6 is 11.8 Å². The van der Waals surface area contributed by atoms with Crippen LogP contribution in [0.3, 0.4) is 0 Å². The number of furan rings is 1. The summed E-state index contributed by atoms with van der Waals surface area (Å²) < 4.78 is 7.06. The lowest BCUT2D eigenvalue weighted by molar-refractivity contribution is -0.384. The van der Waals surface area contributed by atoms with Crippen LogP contribution in [0.1, 0.15) is 16.9 Å². The summed E-state index contributed by atoms with van der Waals surface area (Å²) in [4.78, 5) is 23.1. The van der Waals surface area contributed by atoms with Crippen molar-refractivity contribution in [2.45, 2.75) is 25.9 Å². The Labute approximate surface area is 165 Å². The van der Waals surface area contributed by atoms with E-state index in [0.29, 0.717) is 11.0 Å². The van der Waals surface area contributed by atoms with Gasteiger partial charge in [0.15, 0.2) is 11.0 Å². The molecule has 0 radical (unpaired) electrons. The summed E-state index contributed by atoms with van der Waals surface area (Å²) in [5.41, 5.74) is 2.54. The highest BCUT2D eigenvalue weighted by molar-refractivity contribution is 7.99. The van der Waals surface area contributed by atoms with Gasteiger partial charge in [-0.1, -0.05) is 11.8 Å². The van der Waals surface area contributed by atoms with Gasteiger partial charge in [-0.25, -0.2) is 0 Å². The molecule has 0 atom stereocenters. The average molecular weight is 401 g/mol. The fraction of sp³-hybridized carbons (Fsp3) is 0.278. The standard InChI is InChI=1S/C18H19N5O4S/c1-10-7-14(15(23(25)26)8-11(10)2)19-16(24)9-28-18-21-20-17(22(18)4)13-5-6-27-12(13)3/h5-8H,9H2,1-4H3,(H,19,24). The molecule has 1 aromatic carbocycles. The Morgan fingerprint density at radius 2 is 2.00 bits per heavy atom. The van der Waals surface area contributed by atoms with Crippen LogP contribution in [-0.4, -0.2) is 31.3 Å². The fourth-order valence-electron chi connectivity index (χ4n) is 2.66. The van der Waals surface area contributed by atoms with E-state index in [0.717, 1.165) is 22.5 Å². The number of benzene rings is 1. The molecular weight excluding hydrogens is 382 g/mol. The fourth-order valence-corrected chi connectivity index (χ4v) is 3.37. The third-order valence-corrected chi connectivity index (χ3v) is 5.37. The quantitative estimate of drug-likeness (QED) is 0.381. The number of nitro groups is 1. The number of carbonyl (C=O) groups excluding carboxylic acids is 1. The first kappa shape index (κ1) is 19.6. The van der Waals surface area contributed by atoms with Crippen LogP contribution in [0.25, 0.3) is 11.4 Å². The molecule has 3 rings (SSSR count). The van der Waals surface area contributed by atoms with Gasteiger partial charge >= 0.3 is 0 Å². The highest BCUT2D eigenvalue weighted by Crippen LogP contribution is 2.29. The molecule has 1 amide bonds. The first-order valence-corrected chi connectivity index (χ1v) is 9.38. The molecule has 1 N–H and O–H groups in total. The highest BCUT2D eigenvalue weighted by Gasteiger charge is 2.19. The number of hydrogen-bond acceptors (Lipinski definition) is 7. The number of anilines is 1. The Morgan fingerprint density at radius 1 is 1.29 bits per heavy atom. The summed E-state index contributed by atoms with van der Waals surface area (Å²) in [6, 6.07) is 4.87. The Kier molecular flexibility index (Phi) is 5.50. The predicted octanol–water partition coefficient (Wildman–Crippen LogP) is 3.64. The van der Waals surface area contributed by atoms with Crippen molar-refractivity contribution in [2.75, 3.05) is 11.1 Å². The van der Waals surface area contributed by atoms with E-state index >= 15 is 0 Å². The Bertz CT molecular complexity index is 1060. The van der Waals surface area contributed by atoms with Crippen LogP contribution in [0.5, 0.6) is 0 Å². The van der Waals surface area contributed by atoms with Gasteiger partial charge in [0.25, 0.3) is 5.69 Å². The Hall–Kier alpha value is -3.14. The van der Waals surface area contributed by atoms with Crippen LogP contribution in [0.2, 0.25) is 0 Å². The van der Waals surface area contributed by atoms with Crippen molar-refractivity contribution in [2.24, 2.45) is 7.05 Å². The van der Waals surface area contributed by atoms with Gasteiger partial charge in [0.1, 0.15) is 11.4 Å². The number of aromatic nitrogens is 3. The van der Waals surface area contributed by atoms with Gasteiger partial charge in [0.05, 0.1) is 22.5 Å². The summed E-state index contributed by atoms with van der Waals surface area (Å²) in [5.74, 6) is 1.05. The molecular formula is C18H19N5O4S. The van der Waals surface area contributed by atoms with Gasteiger partial charge < -0.3 is 14.3 Å². The predicted molar refractivity (Wildman–Crippen MR) is 105 cm³/mol. The molecule has 0 unspecified atom stereocenters. The smallest absolute Gasteiger partial charge is 0.293 e. The Morgan fingerprint density at radius 3 is 2.64 bits per heavy atom. The van der Waals surface area contributed by atoms with Crippen molar-refractivity contribution in [1.29, 1.82) is 0 Å². The Balaban J connectivity index is 1.71. The number of carbonyl (C=O) groups is 1. The summed E-state index contributed by atoms with van der Waals surface area (Å²) in [6.45, 7) is 5.46. The van der Waals surface area contributed by atoms with Gasteiger partial charge in [-0.15, -0.1) is 10.2 Å². The maximum absolute atomic E-state index is 12.3. The average Bonchev–Trinajstić information content (AvgIpc) is 3.21. The SMILES string of the molecule is Cc1cc(NC(=O)CSc2nnc(-c3ccoc3C)n2C)c([N+](=O)[O-])cc1C. The maximum atomic E-state index is 12.3. The number of thioether (sulfide) groups is 1. The van der Waals surface area contributed by atoms with E-state index in [1.54, 1.807) is 36.9 Å². The van der Waals surface area contributed by atoms with Gasteiger partial charge in [-0.2, -0.15) is 0 Å². The summed E-state index contributed by atoms with van der Waals surface area (Å²) in [7, 11) is 1.80. The molecule has 0 aliphatic heterocycles. The van der Waals surface area contributed by atoms with Gasteiger partial charge in [-0.05, 0) is 44.0 Å². The lowest BCUT2D eigenvalue weighted by Crippen LogP contribution is -2.16.